The summed E-state index contributed by atoms with van der Waals surface area (Å²) >= 11 is 1.70. The molecule has 2 aromatic rings. The highest BCUT2D eigenvalue weighted by Gasteiger charge is 2.43. The number of thioether (sulfide) groups is 1. The molecule has 4 rings (SSSR count). The summed E-state index contributed by atoms with van der Waals surface area (Å²) in [5.74, 6) is 0.285. The van der Waals surface area contributed by atoms with E-state index in [0.717, 1.165) is 19.4 Å². The van der Waals surface area contributed by atoms with Gasteiger partial charge in [-0.1, -0.05) is 43.2 Å². The predicted octanol–water partition coefficient (Wildman–Crippen LogP) is 1.74. The van der Waals surface area contributed by atoms with E-state index >= 15 is 0 Å². The van der Waals surface area contributed by atoms with Gasteiger partial charge in [-0.3, -0.25) is 0 Å². The Bertz CT molecular complexity index is 828. The number of hydrogen-bond donors (Lipinski definition) is 4. The molecule has 4 atom stereocenters. The summed E-state index contributed by atoms with van der Waals surface area (Å²) in [5, 5.41) is 43.4. The van der Waals surface area contributed by atoms with Crippen LogP contribution in [0.15, 0.2) is 5.16 Å². The molecule has 0 amide bonds. The van der Waals surface area contributed by atoms with Crippen molar-refractivity contribution in [1.29, 1.82) is 0 Å². The van der Waals surface area contributed by atoms with E-state index in [4.69, 9.17) is 9.97 Å². The minimum Gasteiger partial charge on any atom is -0.396 e. The third kappa shape index (κ3) is 4.21. The number of unbranched alkanes of at least 4 members (excludes halogenated alkanes) is 1. The molecule has 9 nitrogen and oxygen atoms in total. The van der Waals surface area contributed by atoms with Crippen LogP contribution in [0.1, 0.15) is 57.9 Å². The van der Waals surface area contributed by atoms with E-state index in [9.17, 15) is 15.3 Å². The molecule has 0 radical (unpaired) electrons. The lowest BCUT2D eigenvalue weighted by Gasteiger charge is -2.17. The Hall–Kier alpha value is -1.49. The van der Waals surface area contributed by atoms with Gasteiger partial charge in [-0.25, -0.2) is 14.6 Å². The van der Waals surface area contributed by atoms with Crippen LogP contribution in [0.5, 0.6) is 0 Å². The summed E-state index contributed by atoms with van der Waals surface area (Å²) in [4.78, 5) is 9.45. The van der Waals surface area contributed by atoms with Crippen LogP contribution < -0.4 is 5.32 Å². The molecule has 2 aliphatic carbocycles. The highest BCUT2D eigenvalue weighted by Crippen LogP contribution is 2.38. The molecule has 2 aromatic heterocycles. The van der Waals surface area contributed by atoms with Gasteiger partial charge in [0, 0.05) is 24.3 Å². The van der Waals surface area contributed by atoms with Gasteiger partial charge in [0.2, 0.25) is 0 Å². The van der Waals surface area contributed by atoms with Gasteiger partial charge in [0.15, 0.2) is 22.1 Å². The Balaban J connectivity index is 1.69. The first-order valence-electron chi connectivity index (χ1n) is 10.6. The highest BCUT2D eigenvalue weighted by atomic mass is 32.2. The summed E-state index contributed by atoms with van der Waals surface area (Å²) in [6.07, 6.45) is 5.36. The zero-order chi connectivity index (χ0) is 20.4. The van der Waals surface area contributed by atoms with E-state index < -0.39 is 18.2 Å². The van der Waals surface area contributed by atoms with Crippen molar-refractivity contribution in [2.24, 2.45) is 5.92 Å². The normalized spacial score (nSPS) is 27.9. The minimum absolute atomic E-state index is 0.178. The van der Waals surface area contributed by atoms with Crippen LogP contribution in [-0.4, -0.2) is 70.9 Å². The van der Waals surface area contributed by atoms with Gasteiger partial charge < -0.3 is 20.6 Å². The number of aromatic nitrogens is 5. The lowest BCUT2D eigenvalue weighted by Crippen LogP contribution is -2.30. The van der Waals surface area contributed by atoms with Crippen molar-refractivity contribution in [3.8, 4) is 0 Å². The average Bonchev–Trinajstić information content (AvgIpc) is 3.43. The number of rotatable bonds is 8. The van der Waals surface area contributed by atoms with Crippen LogP contribution in [0.25, 0.3) is 11.2 Å². The third-order valence-corrected chi connectivity index (χ3v) is 7.22. The molecule has 0 spiro atoms. The number of anilines is 1. The van der Waals surface area contributed by atoms with Gasteiger partial charge in [-0.15, -0.1) is 5.10 Å². The van der Waals surface area contributed by atoms with Gasteiger partial charge >= 0.3 is 0 Å². The van der Waals surface area contributed by atoms with Crippen LogP contribution in [-0.2, 0) is 0 Å². The Morgan fingerprint density at radius 3 is 2.66 bits per heavy atom. The van der Waals surface area contributed by atoms with Crippen molar-refractivity contribution in [3.05, 3.63) is 0 Å². The van der Waals surface area contributed by atoms with E-state index in [1.54, 1.807) is 16.4 Å². The summed E-state index contributed by atoms with van der Waals surface area (Å²) in [6.45, 7) is 2.75. The topological polar surface area (TPSA) is 129 Å². The largest absolute Gasteiger partial charge is 0.396 e. The lowest BCUT2D eigenvalue weighted by atomic mass is 10.1. The molecule has 0 saturated heterocycles. The second kappa shape index (κ2) is 9.11. The van der Waals surface area contributed by atoms with Crippen molar-refractivity contribution in [2.75, 3.05) is 18.5 Å². The van der Waals surface area contributed by atoms with E-state index in [2.05, 4.69) is 22.6 Å². The van der Waals surface area contributed by atoms with E-state index in [1.807, 2.05) is 0 Å². The number of nitrogens with zero attached hydrogens (tertiary/aromatic N) is 5. The molecule has 0 aliphatic heterocycles. The Labute approximate surface area is 174 Å². The average molecular weight is 423 g/mol. The second-order valence-corrected chi connectivity index (χ2v) is 9.36. The monoisotopic (exact) mass is 422 g/mol. The quantitative estimate of drug-likeness (QED) is 0.371. The van der Waals surface area contributed by atoms with Crippen molar-refractivity contribution < 1.29 is 15.3 Å². The first-order chi connectivity index (χ1) is 14.1. The van der Waals surface area contributed by atoms with Crippen molar-refractivity contribution >= 4 is 28.7 Å². The van der Waals surface area contributed by atoms with Crippen LogP contribution >= 0.6 is 11.8 Å². The second-order valence-electron chi connectivity index (χ2n) is 8.09. The molecule has 4 N–H and O–H groups in total. The lowest BCUT2D eigenvalue weighted by molar-refractivity contribution is -0.00512. The molecule has 2 saturated carbocycles. The minimum atomic E-state index is -1.02. The third-order valence-electron chi connectivity index (χ3n) is 6.02. The zero-order valence-corrected chi connectivity index (χ0v) is 17.6. The Morgan fingerprint density at radius 2 is 1.97 bits per heavy atom. The number of aliphatic hydroxyl groups is 3. The van der Waals surface area contributed by atoms with E-state index in [-0.39, 0.29) is 12.5 Å². The van der Waals surface area contributed by atoms with Gasteiger partial charge in [-0.2, -0.15) is 0 Å². The van der Waals surface area contributed by atoms with Crippen molar-refractivity contribution in [1.82, 2.24) is 25.0 Å². The highest BCUT2D eigenvalue weighted by molar-refractivity contribution is 7.99. The predicted molar refractivity (Wildman–Crippen MR) is 111 cm³/mol. The smallest absolute Gasteiger partial charge is 0.191 e. The van der Waals surface area contributed by atoms with Gasteiger partial charge in [0.05, 0.1) is 12.1 Å². The molecule has 0 unspecified atom stereocenters. The first-order valence-corrected chi connectivity index (χ1v) is 11.5. The van der Waals surface area contributed by atoms with Crippen LogP contribution in [0.4, 0.5) is 5.82 Å². The Kier molecular flexibility index (Phi) is 6.53. The van der Waals surface area contributed by atoms with Crippen LogP contribution in [0.3, 0.4) is 0 Å². The van der Waals surface area contributed by atoms with Crippen molar-refractivity contribution in [3.63, 3.8) is 0 Å². The molecule has 2 heterocycles. The summed E-state index contributed by atoms with van der Waals surface area (Å²) in [6, 6.07) is -0.477. The first kappa shape index (κ1) is 20.8. The van der Waals surface area contributed by atoms with E-state index in [0.29, 0.717) is 33.8 Å². The molecule has 2 fully saturated rings. The standard InChI is InChI=1S/C19H30N6O3S/c1-2-3-8-20-17-14-18(22-19(21-17)29-12-6-4-5-7-12)25(24-23-14)13-9-11(10-26)15(27)16(13)28/h11-13,15-16,26-28H,2-10H2,1H3,(H,20,21,22)/t11-,13-,15-,16+/m1/s1. The van der Waals surface area contributed by atoms with E-state index in [1.165, 1.54) is 25.7 Å². The molecule has 0 aromatic carbocycles. The summed E-state index contributed by atoms with van der Waals surface area (Å²) < 4.78 is 1.60. The molecule has 160 valence electrons. The number of fused-ring (bicyclic) bond motifs is 1. The van der Waals surface area contributed by atoms with Gasteiger partial charge in [0.1, 0.15) is 6.10 Å². The molecule has 2 aliphatic rings. The zero-order valence-electron chi connectivity index (χ0n) is 16.7. The molecular weight excluding hydrogens is 392 g/mol. The number of hydrogen-bond acceptors (Lipinski definition) is 9. The van der Waals surface area contributed by atoms with Gasteiger partial charge in [-0.05, 0) is 25.7 Å². The SMILES string of the molecule is CCCCNc1nc(SC2CCCC2)nc2c1nnn2[C@@H]1C[C@H](CO)[C@@H](O)[C@H]1O. The van der Waals surface area contributed by atoms with Crippen molar-refractivity contribution in [2.45, 2.75) is 80.5 Å². The van der Waals surface area contributed by atoms with Gasteiger partial charge in [0.25, 0.3) is 0 Å². The molecule has 10 heteroatoms. The maximum atomic E-state index is 10.5. The fraction of sp³-hybridized carbons (Fsp3) is 0.789. The summed E-state index contributed by atoms with van der Waals surface area (Å²) in [5.41, 5.74) is 1.14. The summed E-state index contributed by atoms with van der Waals surface area (Å²) in [7, 11) is 0. The maximum Gasteiger partial charge on any atom is 0.191 e. The van der Waals surface area contributed by atoms with Crippen LogP contribution in [0.2, 0.25) is 0 Å². The number of nitrogens with one attached hydrogen (secondary N) is 1. The Morgan fingerprint density at radius 1 is 1.17 bits per heavy atom. The molecule has 29 heavy (non-hydrogen) atoms. The fourth-order valence-corrected chi connectivity index (χ4v) is 5.42. The number of aliphatic hydroxyl groups excluding tert-OH is 3. The fourth-order valence-electron chi connectivity index (χ4n) is 4.27. The van der Waals surface area contributed by atoms with Crippen LogP contribution in [0, 0.1) is 5.92 Å². The molecule has 0 bridgehead atoms. The maximum absolute atomic E-state index is 10.5. The molecular formula is C19H30N6O3S.